The highest BCUT2D eigenvalue weighted by Gasteiger charge is 2.06. The summed E-state index contributed by atoms with van der Waals surface area (Å²) in [6.07, 6.45) is 0. The fraction of sp³-hybridized carbons (Fsp3) is 0.333. The second-order valence-electron chi connectivity index (χ2n) is 5.35. The lowest BCUT2D eigenvalue weighted by molar-refractivity contribution is 0.474. The van der Waals surface area contributed by atoms with Crippen LogP contribution in [0.3, 0.4) is 0 Å². The monoisotopic (exact) mass is 284 g/mol. The minimum absolute atomic E-state index is 0.277. The van der Waals surface area contributed by atoms with Crippen LogP contribution in [0, 0.1) is 0 Å². The molecule has 0 aromatic heterocycles. The number of phenolic OH excluding ortho intramolecular Hbond substituents is 1. The maximum atomic E-state index is 9.29. The van der Waals surface area contributed by atoms with Crippen LogP contribution in [0.15, 0.2) is 54.6 Å². The molecule has 0 spiro atoms. The van der Waals surface area contributed by atoms with E-state index in [0.29, 0.717) is 11.8 Å². The van der Waals surface area contributed by atoms with E-state index in [1.165, 1.54) is 11.1 Å². The number of aromatic hydroxyl groups is 1. The van der Waals surface area contributed by atoms with E-state index in [0.717, 1.165) is 13.1 Å². The summed E-state index contributed by atoms with van der Waals surface area (Å²) in [7, 11) is 0. The smallest absolute Gasteiger partial charge is 0.115 e. The number of hydrogen-bond donors (Lipinski definition) is 3. The highest BCUT2D eigenvalue weighted by atomic mass is 16.3. The predicted molar refractivity (Wildman–Crippen MR) is 87.4 cm³/mol. The fourth-order valence-corrected chi connectivity index (χ4v) is 2.32. The van der Waals surface area contributed by atoms with Crippen LogP contribution < -0.4 is 10.6 Å². The van der Waals surface area contributed by atoms with Gasteiger partial charge in [-0.15, -0.1) is 0 Å². The molecule has 0 fully saturated rings. The van der Waals surface area contributed by atoms with Crippen LogP contribution in [-0.2, 0) is 0 Å². The third kappa shape index (κ3) is 4.88. The molecule has 0 saturated heterocycles. The average molecular weight is 284 g/mol. The lowest BCUT2D eigenvalue weighted by Crippen LogP contribution is -2.30. The average Bonchev–Trinajstić information content (AvgIpc) is 2.52. The molecule has 0 saturated carbocycles. The van der Waals surface area contributed by atoms with Gasteiger partial charge in [0.05, 0.1) is 0 Å². The summed E-state index contributed by atoms with van der Waals surface area (Å²) in [5, 5.41) is 16.3. The minimum Gasteiger partial charge on any atom is -0.508 e. The number of rotatable bonds is 7. The standard InChI is InChI=1S/C18H24N2O/c1-14(16-6-4-3-5-7-16)19-12-13-20-15(2)17-8-10-18(21)11-9-17/h3-11,14-15,19-21H,12-13H2,1-2H3/t14-,15-/m0/s1. The van der Waals surface area contributed by atoms with Crippen molar-refractivity contribution in [3.8, 4) is 5.75 Å². The molecule has 0 aliphatic heterocycles. The van der Waals surface area contributed by atoms with Crippen LogP contribution in [0.25, 0.3) is 0 Å². The van der Waals surface area contributed by atoms with Crippen LogP contribution in [0.5, 0.6) is 5.75 Å². The van der Waals surface area contributed by atoms with Gasteiger partial charge in [0, 0.05) is 25.2 Å². The molecule has 2 aromatic rings. The normalized spacial score (nSPS) is 13.8. The second-order valence-corrected chi connectivity index (χ2v) is 5.35. The molecule has 3 N–H and O–H groups in total. The van der Waals surface area contributed by atoms with Gasteiger partial charge in [-0.05, 0) is 37.1 Å². The van der Waals surface area contributed by atoms with Crippen molar-refractivity contribution in [2.75, 3.05) is 13.1 Å². The molecule has 112 valence electrons. The Morgan fingerprint density at radius 3 is 1.76 bits per heavy atom. The topological polar surface area (TPSA) is 44.3 Å². The molecule has 0 radical (unpaired) electrons. The van der Waals surface area contributed by atoms with Crippen molar-refractivity contribution in [3.63, 3.8) is 0 Å². The van der Waals surface area contributed by atoms with Gasteiger partial charge in [-0.25, -0.2) is 0 Å². The Morgan fingerprint density at radius 1 is 0.762 bits per heavy atom. The maximum Gasteiger partial charge on any atom is 0.115 e. The van der Waals surface area contributed by atoms with E-state index in [9.17, 15) is 5.11 Å². The number of phenols is 1. The second kappa shape index (κ2) is 7.81. The summed E-state index contributed by atoms with van der Waals surface area (Å²) in [6, 6.07) is 18.5. The van der Waals surface area contributed by atoms with Gasteiger partial charge in [0.25, 0.3) is 0 Å². The third-order valence-corrected chi connectivity index (χ3v) is 3.72. The molecule has 2 atom stereocenters. The summed E-state index contributed by atoms with van der Waals surface area (Å²) in [6.45, 7) is 6.13. The van der Waals surface area contributed by atoms with E-state index in [4.69, 9.17) is 0 Å². The van der Waals surface area contributed by atoms with Crippen molar-refractivity contribution in [2.24, 2.45) is 0 Å². The van der Waals surface area contributed by atoms with E-state index in [1.54, 1.807) is 12.1 Å². The Labute approximate surface area is 127 Å². The van der Waals surface area contributed by atoms with Crippen molar-refractivity contribution >= 4 is 0 Å². The molecular weight excluding hydrogens is 260 g/mol. The Morgan fingerprint density at radius 2 is 1.24 bits per heavy atom. The fourth-order valence-electron chi connectivity index (χ4n) is 2.32. The Bertz CT molecular complexity index is 525. The van der Waals surface area contributed by atoms with Crippen LogP contribution in [0.2, 0.25) is 0 Å². The van der Waals surface area contributed by atoms with E-state index in [1.807, 2.05) is 18.2 Å². The Hall–Kier alpha value is -1.84. The van der Waals surface area contributed by atoms with E-state index in [-0.39, 0.29) is 6.04 Å². The first kappa shape index (κ1) is 15.5. The summed E-state index contributed by atoms with van der Waals surface area (Å²) < 4.78 is 0. The van der Waals surface area contributed by atoms with Crippen molar-refractivity contribution < 1.29 is 5.11 Å². The highest BCUT2D eigenvalue weighted by molar-refractivity contribution is 5.27. The molecule has 3 heteroatoms. The molecular formula is C18H24N2O. The van der Waals surface area contributed by atoms with Crippen molar-refractivity contribution in [2.45, 2.75) is 25.9 Å². The van der Waals surface area contributed by atoms with Gasteiger partial charge in [0.2, 0.25) is 0 Å². The first-order chi connectivity index (χ1) is 10.2. The van der Waals surface area contributed by atoms with Gasteiger partial charge >= 0.3 is 0 Å². The highest BCUT2D eigenvalue weighted by Crippen LogP contribution is 2.16. The summed E-state index contributed by atoms with van der Waals surface area (Å²) in [4.78, 5) is 0. The van der Waals surface area contributed by atoms with E-state index < -0.39 is 0 Å². The van der Waals surface area contributed by atoms with E-state index >= 15 is 0 Å². The zero-order chi connectivity index (χ0) is 15.1. The van der Waals surface area contributed by atoms with Gasteiger partial charge in [0.15, 0.2) is 0 Å². The Balaban J connectivity index is 1.71. The van der Waals surface area contributed by atoms with Gasteiger partial charge < -0.3 is 15.7 Å². The lowest BCUT2D eigenvalue weighted by atomic mass is 10.1. The first-order valence-electron chi connectivity index (χ1n) is 7.47. The number of hydrogen-bond acceptors (Lipinski definition) is 3. The third-order valence-electron chi connectivity index (χ3n) is 3.72. The lowest BCUT2D eigenvalue weighted by Gasteiger charge is -2.17. The van der Waals surface area contributed by atoms with Crippen LogP contribution in [0.1, 0.15) is 37.1 Å². The summed E-state index contributed by atoms with van der Waals surface area (Å²) in [5.41, 5.74) is 2.49. The van der Waals surface area contributed by atoms with Crippen LogP contribution in [0.4, 0.5) is 0 Å². The van der Waals surface area contributed by atoms with Gasteiger partial charge in [-0.2, -0.15) is 0 Å². The number of nitrogens with one attached hydrogen (secondary N) is 2. The van der Waals surface area contributed by atoms with Crippen LogP contribution in [-0.4, -0.2) is 18.2 Å². The first-order valence-corrected chi connectivity index (χ1v) is 7.47. The zero-order valence-electron chi connectivity index (χ0n) is 12.7. The molecule has 2 rings (SSSR count). The largest absolute Gasteiger partial charge is 0.508 e. The van der Waals surface area contributed by atoms with Crippen molar-refractivity contribution in [1.82, 2.24) is 10.6 Å². The molecule has 21 heavy (non-hydrogen) atoms. The van der Waals surface area contributed by atoms with Crippen molar-refractivity contribution in [1.29, 1.82) is 0 Å². The molecule has 2 aromatic carbocycles. The SMILES string of the molecule is C[C@H](NCCN[C@@H](C)c1ccc(O)cc1)c1ccccc1. The van der Waals surface area contributed by atoms with Crippen LogP contribution >= 0.6 is 0 Å². The molecule has 0 unspecified atom stereocenters. The molecule has 0 aliphatic carbocycles. The Kier molecular flexibility index (Phi) is 5.78. The maximum absolute atomic E-state index is 9.29. The quantitative estimate of drug-likeness (QED) is 0.683. The number of benzene rings is 2. The summed E-state index contributed by atoms with van der Waals surface area (Å²) in [5.74, 6) is 0.310. The molecule has 0 aliphatic rings. The van der Waals surface area contributed by atoms with E-state index in [2.05, 4.69) is 48.7 Å². The molecule has 0 heterocycles. The van der Waals surface area contributed by atoms with Gasteiger partial charge in [-0.3, -0.25) is 0 Å². The zero-order valence-corrected chi connectivity index (χ0v) is 12.7. The predicted octanol–water partition coefficient (Wildman–Crippen LogP) is 3.39. The van der Waals surface area contributed by atoms with Gasteiger partial charge in [-0.1, -0.05) is 42.5 Å². The molecule has 0 bridgehead atoms. The molecule has 0 amide bonds. The molecule has 3 nitrogen and oxygen atoms in total. The van der Waals surface area contributed by atoms with Gasteiger partial charge in [0.1, 0.15) is 5.75 Å². The summed E-state index contributed by atoms with van der Waals surface area (Å²) >= 11 is 0. The van der Waals surface area contributed by atoms with Crippen molar-refractivity contribution in [3.05, 3.63) is 65.7 Å². The minimum atomic E-state index is 0.277.